The smallest absolute Gasteiger partial charge is 0.156 e. The van der Waals surface area contributed by atoms with E-state index in [0.717, 1.165) is 22.8 Å². The molecular formula is C11H11Cl2N3. The summed E-state index contributed by atoms with van der Waals surface area (Å²) in [5.41, 5.74) is 2.63. The lowest BCUT2D eigenvalue weighted by Crippen LogP contribution is -2.05. The van der Waals surface area contributed by atoms with Crippen LogP contribution < -0.4 is 0 Å². The van der Waals surface area contributed by atoms with E-state index < -0.39 is 0 Å². The molecular weight excluding hydrogens is 245 g/mol. The third-order valence-electron chi connectivity index (χ3n) is 2.47. The zero-order valence-corrected chi connectivity index (χ0v) is 10.8. The molecule has 0 N–H and O–H groups in total. The Kier molecular flexibility index (Phi) is 2.91. The van der Waals surface area contributed by atoms with Crippen LogP contribution in [0.1, 0.15) is 17.0 Å². The summed E-state index contributed by atoms with van der Waals surface area (Å²) >= 11 is 12.0. The molecule has 0 aliphatic heterocycles. The largest absolute Gasteiger partial charge is 0.232 e. The van der Waals surface area contributed by atoms with Crippen molar-refractivity contribution in [3.8, 4) is 5.82 Å². The molecule has 5 heteroatoms. The van der Waals surface area contributed by atoms with E-state index in [9.17, 15) is 0 Å². The molecule has 2 rings (SSSR count). The molecule has 0 atom stereocenters. The maximum atomic E-state index is 6.00. The van der Waals surface area contributed by atoms with Crippen molar-refractivity contribution in [2.75, 3.05) is 0 Å². The third-order valence-corrected chi connectivity index (χ3v) is 3.22. The minimum absolute atomic E-state index is 0.633. The normalized spacial score (nSPS) is 10.8. The van der Waals surface area contributed by atoms with Gasteiger partial charge in [0.25, 0.3) is 0 Å². The molecule has 0 radical (unpaired) electrons. The fraction of sp³-hybridized carbons (Fsp3) is 0.273. The zero-order chi connectivity index (χ0) is 11.9. The van der Waals surface area contributed by atoms with Gasteiger partial charge < -0.3 is 0 Å². The van der Waals surface area contributed by atoms with Crippen LogP contribution in [0.15, 0.2) is 12.3 Å². The van der Waals surface area contributed by atoms with Crippen LogP contribution >= 0.6 is 23.2 Å². The topological polar surface area (TPSA) is 30.7 Å². The van der Waals surface area contributed by atoms with E-state index >= 15 is 0 Å². The van der Waals surface area contributed by atoms with E-state index in [1.54, 1.807) is 10.9 Å². The number of halogens is 2. The minimum Gasteiger partial charge on any atom is -0.232 e. The summed E-state index contributed by atoms with van der Waals surface area (Å²) in [7, 11) is 0. The molecule has 0 unspecified atom stereocenters. The lowest BCUT2D eigenvalue weighted by atomic mass is 10.2. The van der Waals surface area contributed by atoms with Gasteiger partial charge in [0, 0.05) is 0 Å². The number of nitrogens with zero attached hydrogens (tertiary/aromatic N) is 3. The summed E-state index contributed by atoms with van der Waals surface area (Å²) in [5, 5.41) is 5.49. The van der Waals surface area contributed by atoms with Crippen LogP contribution in [0.2, 0.25) is 10.0 Å². The molecule has 84 valence electrons. The standard InChI is InChI=1S/C11H11Cl2N3/c1-6-4-9(12)7(2)15-11(6)16-8(3)10(13)5-14-16/h4-5H,1-3H3. The fourth-order valence-electron chi connectivity index (χ4n) is 1.48. The SMILES string of the molecule is Cc1cc(Cl)c(C)nc1-n1ncc(Cl)c1C. The Morgan fingerprint density at radius 2 is 1.81 bits per heavy atom. The highest BCUT2D eigenvalue weighted by atomic mass is 35.5. The summed E-state index contributed by atoms with van der Waals surface area (Å²) in [4.78, 5) is 4.43. The second-order valence-electron chi connectivity index (χ2n) is 3.69. The fourth-order valence-corrected chi connectivity index (χ4v) is 1.81. The molecule has 3 nitrogen and oxygen atoms in total. The molecule has 0 fully saturated rings. The van der Waals surface area contributed by atoms with E-state index in [1.165, 1.54) is 0 Å². The Morgan fingerprint density at radius 3 is 2.38 bits per heavy atom. The summed E-state index contributed by atoms with van der Waals surface area (Å²) in [6, 6.07) is 1.88. The van der Waals surface area contributed by atoms with Crippen molar-refractivity contribution in [3.63, 3.8) is 0 Å². The van der Waals surface area contributed by atoms with Gasteiger partial charge in [-0.05, 0) is 32.4 Å². The number of hydrogen-bond donors (Lipinski definition) is 0. The first-order valence-electron chi connectivity index (χ1n) is 4.85. The highest BCUT2D eigenvalue weighted by molar-refractivity contribution is 6.31. The van der Waals surface area contributed by atoms with E-state index in [1.807, 2.05) is 26.8 Å². The van der Waals surface area contributed by atoms with Gasteiger partial charge in [-0.2, -0.15) is 5.10 Å². The molecule has 0 amide bonds. The van der Waals surface area contributed by atoms with Crippen molar-refractivity contribution in [2.24, 2.45) is 0 Å². The molecule has 0 spiro atoms. The van der Waals surface area contributed by atoms with Crippen molar-refractivity contribution < 1.29 is 0 Å². The highest BCUT2D eigenvalue weighted by Crippen LogP contribution is 2.22. The number of aromatic nitrogens is 3. The minimum atomic E-state index is 0.633. The number of aryl methyl sites for hydroxylation is 2. The summed E-state index contributed by atoms with van der Waals surface area (Å²) < 4.78 is 1.72. The van der Waals surface area contributed by atoms with Gasteiger partial charge in [0.05, 0.1) is 27.6 Å². The van der Waals surface area contributed by atoms with Crippen LogP contribution in [0, 0.1) is 20.8 Å². The van der Waals surface area contributed by atoms with Crippen molar-refractivity contribution in [2.45, 2.75) is 20.8 Å². The molecule has 0 aliphatic carbocycles. The maximum absolute atomic E-state index is 6.00. The highest BCUT2D eigenvalue weighted by Gasteiger charge is 2.11. The van der Waals surface area contributed by atoms with E-state index in [2.05, 4.69) is 10.1 Å². The summed E-state index contributed by atoms with van der Waals surface area (Å²) in [6.45, 7) is 5.72. The van der Waals surface area contributed by atoms with Gasteiger partial charge in [-0.3, -0.25) is 0 Å². The van der Waals surface area contributed by atoms with Crippen molar-refractivity contribution in [1.29, 1.82) is 0 Å². The van der Waals surface area contributed by atoms with Crippen molar-refractivity contribution >= 4 is 23.2 Å². The van der Waals surface area contributed by atoms with E-state index in [-0.39, 0.29) is 0 Å². The molecule has 0 saturated heterocycles. The number of rotatable bonds is 1. The van der Waals surface area contributed by atoms with Crippen LogP contribution in [0.4, 0.5) is 0 Å². The van der Waals surface area contributed by atoms with Gasteiger partial charge >= 0.3 is 0 Å². The Bertz CT molecular complexity index is 546. The predicted octanol–water partition coefficient (Wildman–Crippen LogP) is 3.50. The molecule has 0 saturated carbocycles. The molecule has 2 heterocycles. The third kappa shape index (κ3) is 1.81. The predicted molar refractivity (Wildman–Crippen MR) is 65.6 cm³/mol. The maximum Gasteiger partial charge on any atom is 0.156 e. The molecule has 2 aromatic heterocycles. The Balaban J connectivity index is 2.65. The van der Waals surface area contributed by atoms with Gasteiger partial charge in [0.2, 0.25) is 0 Å². The average molecular weight is 256 g/mol. The summed E-state index contributed by atoms with van der Waals surface area (Å²) in [6.07, 6.45) is 1.61. The van der Waals surface area contributed by atoms with Gasteiger partial charge in [-0.25, -0.2) is 9.67 Å². The lowest BCUT2D eigenvalue weighted by molar-refractivity contribution is 0.804. The summed E-state index contributed by atoms with van der Waals surface area (Å²) in [5.74, 6) is 0.770. The van der Waals surface area contributed by atoms with Crippen LogP contribution in [0.25, 0.3) is 5.82 Å². The molecule has 0 aromatic carbocycles. The first kappa shape index (κ1) is 11.4. The Morgan fingerprint density at radius 1 is 1.12 bits per heavy atom. The van der Waals surface area contributed by atoms with Gasteiger partial charge in [0.15, 0.2) is 5.82 Å². The lowest BCUT2D eigenvalue weighted by Gasteiger charge is -2.09. The number of pyridine rings is 1. The average Bonchev–Trinajstić information content (AvgIpc) is 2.54. The Hall–Kier alpha value is -1.06. The van der Waals surface area contributed by atoms with Crippen LogP contribution in [0.3, 0.4) is 0 Å². The molecule has 2 aromatic rings. The second kappa shape index (κ2) is 4.07. The molecule has 0 bridgehead atoms. The molecule has 0 aliphatic rings. The Labute approximate surface area is 104 Å². The van der Waals surface area contributed by atoms with Crippen LogP contribution in [-0.2, 0) is 0 Å². The van der Waals surface area contributed by atoms with Crippen molar-refractivity contribution in [1.82, 2.24) is 14.8 Å². The first-order chi connectivity index (χ1) is 7.50. The van der Waals surface area contributed by atoms with Gasteiger partial charge in [-0.1, -0.05) is 23.2 Å². The monoisotopic (exact) mass is 255 g/mol. The van der Waals surface area contributed by atoms with Gasteiger partial charge in [-0.15, -0.1) is 0 Å². The van der Waals surface area contributed by atoms with Crippen LogP contribution in [-0.4, -0.2) is 14.8 Å². The van der Waals surface area contributed by atoms with Crippen LogP contribution in [0.5, 0.6) is 0 Å². The van der Waals surface area contributed by atoms with Gasteiger partial charge in [0.1, 0.15) is 0 Å². The van der Waals surface area contributed by atoms with Crippen molar-refractivity contribution in [3.05, 3.63) is 39.3 Å². The first-order valence-corrected chi connectivity index (χ1v) is 5.60. The van der Waals surface area contributed by atoms with E-state index in [4.69, 9.17) is 23.2 Å². The second-order valence-corrected chi connectivity index (χ2v) is 4.50. The number of hydrogen-bond acceptors (Lipinski definition) is 2. The zero-order valence-electron chi connectivity index (χ0n) is 9.25. The quantitative estimate of drug-likeness (QED) is 0.781. The molecule has 16 heavy (non-hydrogen) atoms. The van der Waals surface area contributed by atoms with E-state index in [0.29, 0.717) is 10.0 Å².